The van der Waals surface area contributed by atoms with Crippen molar-refractivity contribution < 1.29 is 9.72 Å². The minimum atomic E-state index is -0.442. The van der Waals surface area contributed by atoms with Crippen molar-refractivity contribution in [3.8, 4) is 11.4 Å². The maximum Gasteiger partial charge on any atom is 0.270 e. The number of rotatable bonds is 7. The lowest BCUT2D eigenvalue weighted by Crippen LogP contribution is -2.14. The average Bonchev–Trinajstić information content (AvgIpc) is 3.12. The molecule has 0 fully saturated rings. The standard InChI is InChI=1S/C20H21N5O3S/c1-4-24-19(15-6-5-7-17(11-15)25(27)28)22-23-20(24)29-12-18(26)21-16-9-8-13(2)14(3)10-16/h5-11H,4,12H2,1-3H3,(H,21,26). The Hall–Kier alpha value is -3.20. The molecule has 8 nitrogen and oxygen atoms in total. The molecule has 3 rings (SSSR count). The molecule has 1 heterocycles. The van der Waals surface area contributed by atoms with E-state index in [2.05, 4.69) is 15.5 Å². The number of nitrogens with one attached hydrogen (secondary N) is 1. The molecule has 0 unspecified atom stereocenters. The second-order valence-corrected chi connectivity index (χ2v) is 7.44. The van der Waals surface area contributed by atoms with Crippen molar-refractivity contribution in [1.29, 1.82) is 0 Å². The van der Waals surface area contributed by atoms with Crippen molar-refractivity contribution in [2.75, 3.05) is 11.1 Å². The van der Waals surface area contributed by atoms with Crippen LogP contribution in [0.1, 0.15) is 18.1 Å². The van der Waals surface area contributed by atoms with Crippen LogP contribution in [0.4, 0.5) is 11.4 Å². The largest absolute Gasteiger partial charge is 0.325 e. The summed E-state index contributed by atoms with van der Waals surface area (Å²) in [5.74, 6) is 0.578. The predicted molar refractivity (Wildman–Crippen MR) is 113 cm³/mol. The Kier molecular flexibility index (Phi) is 6.28. The second-order valence-electron chi connectivity index (χ2n) is 6.49. The maximum absolute atomic E-state index is 12.3. The van der Waals surface area contributed by atoms with Crippen molar-refractivity contribution in [1.82, 2.24) is 14.8 Å². The fraction of sp³-hybridized carbons (Fsp3) is 0.250. The Morgan fingerprint density at radius 1 is 1.17 bits per heavy atom. The number of benzene rings is 2. The van der Waals surface area contributed by atoms with Crippen molar-refractivity contribution in [2.24, 2.45) is 0 Å². The number of carbonyl (C=O) groups excluding carboxylic acids is 1. The van der Waals surface area contributed by atoms with E-state index in [-0.39, 0.29) is 17.3 Å². The highest BCUT2D eigenvalue weighted by Gasteiger charge is 2.17. The smallest absolute Gasteiger partial charge is 0.270 e. The first-order chi connectivity index (χ1) is 13.9. The van der Waals surface area contributed by atoms with Crippen molar-refractivity contribution in [2.45, 2.75) is 32.5 Å². The number of nitrogens with zero attached hydrogens (tertiary/aromatic N) is 4. The number of nitro groups is 1. The fourth-order valence-electron chi connectivity index (χ4n) is 2.80. The highest BCUT2D eigenvalue weighted by Crippen LogP contribution is 2.26. The van der Waals surface area contributed by atoms with E-state index in [1.54, 1.807) is 12.1 Å². The summed E-state index contributed by atoms with van der Waals surface area (Å²) in [6.07, 6.45) is 0. The van der Waals surface area contributed by atoms with Crippen LogP contribution in [-0.4, -0.2) is 31.3 Å². The molecule has 3 aromatic rings. The van der Waals surface area contributed by atoms with Gasteiger partial charge in [-0.2, -0.15) is 0 Å². The van der Waals surface area contributed by atoms with Gasteiger partial charge in [0.15, 0.2) is 11.0 Å². The van der Waals surface area contributed by atoms with Crippen LogP contribution in [0.3, 0.4) is 0 Å². The van der Waals surface area contributed by atoms with Crippen LogP contribution < -0.4 is 5.32 Å². The van der Waals surface area contributed by atoms with E-state index in [9.17, 15) is 14.9 Å². The number of aromatic nitrogens is 3. The lowest BCUT2D eigenvalue weighted by atomic mass is 10.1. The lowest BCUT2D eigenvalue weighted by Gasteiger charge is -2.09. The van der Waals surface area contributed by atoms with Gasteiger partial charge in [-0.1, -0.05) is 30.0 Å². The molecule has 0 saturated heterocycles. The minimum absolute atomic E-state index is 0.00451. The zero-order valence-corrected chi connectivity index (χ0v) is 17.2. The van der Waals surface area contributed by atoms with Gasteiger partial charge in [-0.3, -0.25) is 14.9 Å². The quantitative estimate of drug-likeness (QED) is 0.355. The van der Waals surface area contributed by atoms with Crippen LogP contribution >= 0.6 is 11.8 Å². The molecular weight excluding hydrogens is 390 g/mol. The van der Waals surface area contributed by atoms with Gasteiger partial charge in [-0.15, -0.1) is 10.2 Å². The summed E-state index contributed by atoms with van der Waals surface area (Å²) in [4.78, 5) is 22.9. The Labute approximate surface area is 172 Å². The normalized spacial score (nSPS) is 10.7. The van der Waals surface area contributed by atoms with Gasteiger partial charge in [0.2, 0.25) is 5.91 Å². The first kappa shape index (κ1) is 20.5. The van der Waals surface area contributed by atoms with Gasteiger partial charge >= 0.3 is 0 Å². The molecule has 1 aromatic heterocycles. The number of amides is 1. The Balaban J connectivity index is 1.72. The third kappa shape index (κ3) is 4.80. The summed E-state index contributed by atoms with van der Waals surface area (Å²) >= 11 is 1.28. The molecule has 0 atom stereocenters. The Morgan fingerprint density at radius 2 is 1.97 bits per heavy atom. The summed E-state index contributed by atoms with van der Waals surface area (Å²) < 4.78 is 1.84. The van der Waals surface area contributed by atoms with Crippen LogP contribution in [0, 0.1) is 24.0 Å². The third-order valence-electron chi connectivity index (χ3n) is 4.47. The molecule has 0 spiro atoms. The topological polar surface area (TPSA) is 103 Å². The van der Waals surface area contributed by atoms with Gasteiger partial charge in [0.1, 0.15) is 0 Å². The minimum Gasteiger partial charge on any atom is -0.325 e. The number of nitro benzene ring substituents is 1. The summed E-state index contributed by atoms with van der Waals surface area (Å²) in [6.45, 7) is 6.53. The molecule has 9 heteroatoms. The average molecular weight is 411 g/mol. The highest BCUT2D eigenvalue weighted by atomic mass is 32.2. The van der Waals surface area contributed by atoms with Gasteiger partial charge in [-0.05, 0) is 44.0 Å². The molecule has 0 saturated carbocycles. The number of anilines is 1. The van der Waals surface area contributed by atoms with Gasteiger partial charge < -0.3 is 9.88 Å². The first-order valence-corrected chi connectivity index (χ1v) is 10.1. The molecular formula is C20H21N5O3S. The zero-order chi connectivity index (χ0) is 21.0. The zero-order valence-electron chi connectivity index (χ0n) is 16.4. The van der Waals surface area contributed by atoms with Crippen LogP contribution in [0.25, 0.3) is 11.4 Å². The van der Waals surface area contributed by atoms with Gasteiger partial charge in [0, 0.05) is 29.9 Å². The SMILES string of the molecule is CCn1c(SCC(=O)Nc2ccc(C)c(C)c2)nnc1-c1cccc([N+](=O)[O-])c1. The molecule has 0 aliphatic rings. The molecule has 0 bridgehead atoms. The van der Waals surface area contributed by atoms with Gasteiger partial charge in [0.25, 0.3) is 5.69 Å². The Morgan fingerprint density at radius 3 is 2.66 bits per heavy atom. The molecule has 0 aliphatic heterocycles. The van der Waals surface area contributed by atoms with Gasteiger partial charge in [0.05, 0.1) is 10.7 Å². The number of carbonyl (C=O) groups is 1. The van der Waals surface area contributed by atoms with E-state index in [1.165, 1.54) is 29.5 Å². The second kappa shape index (κ2) is 8.87. The van der Waals surface area contributed by atoms with Crippen LogP contribution in [0.15, 0.2) is 47.6 Å². The van der Waals surface area contributed by atoms with Crippen LogP contribution in [0.5, 0.6) is 0 Å². The lowest BCUT2D eigenvalue weighted by molar-refractivity contribution is -0.384. The van der Waals surface area contributed by atoms with Crippen molar-refractivity contribution in [3.05, 3.63) is 63.7 Å². The van der Waals surface area contributed by atoms with E-state index < -0.39 is 4.92 Å². The van der Waals surface area contributed by atoms with Crippen LogP contribution in [-0.2, 0) is 11.3 Å². The van der Waals surface area contributed by atoms with E-state index in [0.29, 0.717) is 23.1 Å². The molecule has 150 valence electrons. The Bertz CT molecular complexity index is 1060. The predicted octanol–water partition coefficient (Wildman–Crippen LogP) is 4.22. The molecule has 0 radical (unpaired) electrons. The molecule has 2 aromatic carbocycles. The van der Waals surface area contributed by atoms with E-state index in [4.69, 9.17) is 0 Å². The third-order valence-corrected chi connectivity index (χ3v) is 5.44. The van der Waals surface area contributed by atoms with Crippen molar-refractivity contribution >= 4 is 29.0 Å². The number of aryl methyl sites for hydroxylation is 2. The molecule has 1 N–H and O–H groups in total. The molecule has 0 aliphatic carbocycles. The summed E-state index contributed by atoms with van der Waals surface area (Å²) in [7, 11) is 0. The van der Waals surface area contributed by atoms with Gasteiger partial charge in [-0.25, -0.2) is 0 Å². The van der Waals surface area contributed by atoms with Crippen LogP contribution in [0.2, 0.25) is 0 Å². The molecule has 29 heavy (non-hydrogen) atoms. The first-order valence-electron chi connectivity index (χ1n) is 9.07. The summed E-state index contributed by atoms with van der Waals surface area (Å²) in [5, 5.41) is 22.8. The van der Waals surface area contributed by atoms with E-state index in [0.717, 1.165) is 11.3 Å². The number of thioether (sulfide) groups is 1. The van der Waals surface area contributed by atoms with E-state index >= 15 is 0 Å². The molecule has 1 amide bonds. The number of hydrogen-bond donors (Lipinski definition) is 1. The van der Waals surface area contributed by atoms with Crippen molar-refractivity contribution in [3.63, 3.8) is 0 Å². The number of hydrogen-bond acceptors (Lipinski definition) is 6. The number of non-ortho nitro benzene ring substituents is 1. The highest BCUT2D eigenvalue weighted by molar-refractivity contribution is 7.99. The maximum atomic E-state index is 12.3. The van der Waals surface area contributed by atoms with E-state index in [1.807, 2.05) is 43.5 Å². The summed E-state index contributed by atoms with van der Waals surface area (Å²) in [5.41, 5.74) is 3.65. The monoisotopic (exact) mass is 411 g/mol. The fourth-order valence-corrected chi connectivity index (χ4v) is 3.60. The summed E-state index contributed by atoms with van der Waals surface area (Å²) in [6, 6.07) is 12.1.